The Balaban J connectivity index is 2.36. The molecule has 0 fully saturated rings. The number of carbonyl (C=O) groups is 2. The number of hydrogen-bond donors (Lipinski definition) is 2. The molecule has 1 aromatic carbocycles. The first kappa shape index (κ1) is 9.08. The summed E-state index contributed by atoms with van der Waals surface area (Å²) in [7, 11) is 0. The molecule has 1 heterocycles. The average molecular weight is 208 g/mol. The highest BCUT2D eigenvalue weighted by atomic mass is 32.2. The number of fused-ring (bicyclic) bond motifs is 1. The maximum Gasteiger partial charge on any atom is 0.247 e. The lowest BCUT2D eigenvalue weighted by atomic mass is 10.3. The highest BCUT2D eigenvalue weighted by molar-refractivity contribution is 8.01. The minimum atomic E-state index is -0.815. The second-order valence-electron chi connectivity index (χ2n) is 2.89. The number of thioether (sulfide) groups is 1. The van der Waals surface area contributed by atoms with Gasteiger partial charge in [0.05, 0.1) is 5.69 Å². The standard InChI is InChI=1S/C9H8N2O2S/c10-8(12)7-9(13)11-5-3-1-2-4-6(5)14-7/h1-4,7H,(H2,10,12)(H,11,13). The van der Waals surface area contributed by atoms with Gasteiger partial charge in [0.15, 0.2) is 5.25 Å². The van der Waals surface area contributed by atoms with Crippen LogP contribution in [0.2, 0.25) is 0 Å². The van der Waals surface area contributed by atoms with Gasteiger partial charge in [0.2, 0.25) is 11.8 Å². The molecule has 0 bridgehead atoms. The molecule has 0 saturated carbocycles. The van der Waals surface area contributed by atoms with Crippen LogP contribution < -0.4 is 11.1 Å². The fourth-order valence-corrected chi connectivity index (χ4v) is 2.18. The van der Waals surface area contributed by atoms with Crippen molar-refractivity contribution in [3.63, 3.8) is 0 Å². The monoisotopic (exact) mass is 208 g/mol. The lowest BCUT2D eigenvalue weighted by molar-refractivity contribution is -0.124. The van der Waals surface area contributed by atoms with Crippen molar-refractivity contribution >= 4 is 29.3 Å². The van der Waals surface area contributed by atoms with Gasteiger partial charge in [-0.1, -0.05) is 12.1 Å². The van der Waals surface area contributed by atoms with Gasteiger partial charge in [0.25, 0.3) is 0 Å². The van der Waals surface area contributed by atoms with E-state index in [9.17, 15) is 9.59 Å². The zero-order valence-electron chi connectivity index (χ0n) is 7.19. The van der Waals surface area contributed by atoms with E-state index in [1.54, 1.807) is 6.07 Å². The number of nitrogens with two attached hydrogens (primary N) is 1. The number of carbonyl (C=O) groups excluding carboxylic acids is 2. The predicted molar refractivity (Wildman–Crippen MR) is 53.9 cm³/mol. The van der Waals surface area contributed by atoms with Gasteiger partial charge in [0.1, 0.15) is 0 Å². The molecule has 1 atom stereocenters. The molecule has 0 spiro atoms. The molecular weight excluding hydrogens is 200 g/mol. The number of nitrogens with one attached hydrogen (secondary N) is 1. The fraction of sp³-hybridized carbons (Fsp3) is 0.111. The Morgan fingerprint density at radius 1 is 1.43 bits per heavy atom. The van der Waals surface area contributed by atoms with Crippen molar-refractivity contribution in [1.82, 2.24) is 0 Å². The Morgan fingerprint density at radius 2 is 2.14 bits per heavy atom. The Hall–Kier alpha value is -1.49. The molecule has 1 aromatic rings. The van der Waals surface area contributed by atoms with E-state index >= 15 is 0 Å². The summed E-state index contributed by atoms with van der Waals surface area (Å²) in [4.78, 5) is 23.2. The van der Waals surface area contributed by atoms with Crippen molar-refractivity contribution in [2.24, 2.45) is 5.73 Å². The van der Waals surface area contributed by atoms with E-state index in [0.29, 0.717) is 0 Å². The third kappa shape index (κ3) is 1.46. The maximum absolute atomic E-state index is 11.4. The van der Waals surface area contributed by atoms with Gasteiger partial charge in [-0.15, -0.1) is 11.8 Å². The van der Waals surface area contributed by atoms with Gasteiger partial charge in [-0.25, -0.2) is 0 Å². The maximum atomic E-state index is 11.4. The van der Waals surface area contributed by atoms with Crippen LogP contribution in [0.1, 0.15) is 0 Å². The van der Waals surface area contributed by atoms with Crippen molar-refractivity contribution in [1.29, 1.82) is 0 Å². The van der Waals surface area contributed by atoms with Crippen LogP contribution in [-0.4, -0.2) is 17.1 Å². The van der Waals surface area contributed by atoms with Gasteiger partial charge in [-0.2, -0.15) is 0 Å². The van der Waals surface area contributed by atoms with Gasteiger partial charge >= 0.3 is 0 Å². The van der Waals surface area contributed by atoms with E-state index in [-0.39, 0.29) is 5.91 Å². The summed E-state index contributed by atoms with van der Waals surface area (Å²) in [5, 5.41) is 1.82. The number of hydrogen-bond acceptors (Lipinski definition) is 3. The van der Waals surface area contributed by atoms with Crippen molar-refractivity contribution in [3.05, 3.63) is 24.3 Å². The van der Waals surface area contributed by atoms with Crippen LogP contribution in [-0.2, 0) is 9.59 Å². The predicted octanol–water partition coefficient (Wildman–Crippen LogP) is 0.585. The van der Waals surface area contributed by atoms with E-state index in [4.69, 9.17) is 5.73 Å². The molecule has 0 aliphatic carbocycles. The van der Waals surface area contributed by atoms with Gasteiger partial charge in [-0.3, -0.25) is 9.59 Å². The first-order chi connectivity index (χ1) is 6.68. The number of rotatable bonds is 1. The summed E-state index contributed by atoms with van der Waals surface area (Å²) in [6.07, 6.45) is 0. The van der Waals surface area contributed by atoms with Crippen molar-refractivity contribution in [2.75, 3.05) is 5.32 Å². The van der Waals surface area contributed by atoms with Crippen LogP contribution in [0, 0.1) is 0 Å². The van der Waals surface area contributed by atoms with Gasteiger partial charge in [0, 0.05) is 4.90 Å². The molecule has 0 aromatic heterocycles. The number of primary amides is 1. The summed E-state index contributed by atoms with van der Waals surface area (Å²) in [6.45, 7) is 0. The third-order valence-electron chi connectivity index (χ3n) is 1.89. The van der Waals surface area contributed by atoms with Crippen LogP contribution in [0.15, 0.2) is 29.2 Å². The average Bonchev–Trinajstić information content (AvgIpc) is 2.16. The second-order valence-corrected chi connectivity index (χ2v) is 4.03. The number of benzene rings is 1. The van der Waals surface area contributed by atoms with Gasteiger partial charge < -0.3 is 11.1 Å². The number of anilines is 1. The molecule has 14 heavy (non-hydrogen) atoms. The molecule has 1 aliphatic rings. The highest BCUT2D eigenvalue weighted by Crippen LogP contribution is 2.34. The van der Waals surface area contributed by atoms with Crippen LogP contribution in [0.4, 0.5) is 5.69 Å². The normalized spacial score (nSPS) is 19.7. The Bertz CT molecular complexity index is 406. The molecule has 1 unspecified atom stereocenters. The Morgan fingerprint density at radius 3 is 2.86 bits per heavy atom. The van der Waals surface area contributed by atoms with Crippen molar-refractivity contribution < 1.29 is 9.59 Å². The largest absolute Gasteiger partial charge is 0.368 e. The first-order valence-electron chi connectivity index (χ1n) is 4.04. The van der Waals surface area contributed by atoms with Crippen LogP contribution in [0.25, 0.3) is 0 Å². The topological polar surface area (TPSA) is 72.2 Å². The molecule has 4 nitrogen and oxygen atoms in total. The zero-order valence-corrected chi connectivity index (χ0v) is 8.01. The van der Waals surface area contributed by atoms with Crippen LogP contribution in [0.3, 0.4) is 0 Å². The molecule has 2 rings (SSSR count). The molecule has 0 radical (unpaired) electrons. The number of amides is 2. The quantitative estimate of drug-likeness (QED) is 0.663. The van der Waals surface area contributed by atoms with Crippen LogP contribution >= 0.6 is 11.8 Å². The van der Waals surface area contributed by atoms with Crippen molar-refractivity contribution in [2.45, 2.75) is 10.1 Å². The van der Waals surface area contributed by atoms with Gasteiger partial charge in [-0.05, 0) is 12.1 Å². The van der Waals surface area contributed by atoms with Crippen LogP contribution in [0.5, 0.6) is 0 Å². The lowest BCUT2D eigenvalue weighted by Gasteiger charge is -2.21. The fourth-order valence-electron chi connectivity index (χ4n) is 1.24. The SMILES string of the molecule is NC(=O)C1Sc2ccccc2NC1=O. The number of para-hydroxylation sites is 1. The summed E-state index contributed by atoms with van der Waals surface area (Å²) in [6, 6.07) is 7.30. The molecule has 5 heteroatoms. The molecule has 72 valence electrons. The smallest absolute Gasteiger partial charge is 0.247 e. The summed E-state index contributed by atoms with van der Waals surface area (Å²) < 4.78 is 0. The second kappa shape index (κ2) is 3.34. The van der Waals surface area contributed by atoms with E-state index < -0.39 is 11.2 Å². The molecule has 1 aliphatic heterocycles. The van der Waals surface area contributed by atoms with E-state index in [1.807, 2.05) is 18.2 Å². The molecule has 0 saturated heterocycles. The van der Waals surface area contributed by atoms with E-state index in [0.717, 1.165) is 10.6 Å². The van der Waals surface area contributed by atoms with E-state index in [2.05, 4.69) is 5.32 Å². The molecule has 3 N–H and O–H groups in total. The summed E-state index contributed by atoms with van der Waals surface area (Å²) in [5.41, 5.74) is 5.83. The Kier molecular flexibility index (Phi) is 2.17. The minimum Gasteiger partial charge on any atom is -0.368 e. The summed E-state index contributed by atoms with van der Waals surface area (Å²) in [5.74, 6) is -0.955. The lowest BCUT2D eigenvalue weighted by Crippen LogP contribution is -2.39. The van der Waals surface area contributed by atoms with E-state index in [1.165, 1.54) is 11.8 Å². The Labute approximate surface area is 84.9 Å². The van der Waals surface area contributed by atoms with Crippen molar-refractivity contribution in [3.8, 4) is 0 Å². The first-order valence-corrected chi connectivity index (χ1v) is 4.92. The molecule has 2 amide bonds. The third-order valence-corrected chi connectivity index (χ3v) is 3.18. The zero-order chi connectivity index (χ0) is 10.1. The summed E-state index contributed by atoms with van der Waals surface area (Å²) >= 11 is 1.19. The highest BCUT2D eigenvalue weighted by Gasteiger charge is 2.30. The molecular formula is C9H8N2O2S. The minimum absolute atomic E-state index is 0.346.